The largest absolute Gasteiger partial charge is 0.398 e. The number of nitrogen functional groups attached to an aromatic ring is 1. The number of hydrogen-bond acceptors (Lipinski definition) is 2. The van der Waals surface area contributed by atoms with Crippen molar-refractivity contribution in [3.63, 3.8) is 0 Å². The molecule has 2 unspecified atom stereocenters. The van der Waals surface area contributed by atoms with E-state index in [1.807, 2.05) is 30.0 Å². The first kappa shape index (κ1) is 12.9. The average molecular weight is 246 g/mol. The van der Waals surface area contributed by atoms with Crippen molar-refractivity contribution in [2.24, 2.45) is 5.92 Å². The highest BCUT2D eigenvalue weighted by molar-refractivity contribution is 5.99. The molecule has 2 atom stereocenters. The van der Waals surface area contributed by atoms with Gasteiger partial charge in [-0.05, 0) is 50.3 Å². The lowest BCUT2D eigenvalue weighted by Gasteiger charge is -2.37. The fourth-order valence-corrected chi connectivity index (χ4v) is 2.60. The van der Waals surface area contributed by atoms with E-state index in [2.05, 4.69) is 13.8 Å². The molecule has 0 spiro atoms. The van der Waals surface area contributed by atoms with E-state index in [-0.39, 0.29) is 5.91 Å². The van der Waals surface area contributed by atoms with Crippen molar-refractivity contribution in [1.29, 1.82) is 0 Å². The Morgan fingerprint density at radius 1 is 1.33 bits per heavy atom. The van der Waals surface area contributed by atoms with Gasteiger partial charge in [0.2, 0.25) is 0 Å². The van der Waals surface area contributed by atoms with E-state index < -0.39 is 0 Å². The van der Waals surface area contributed by atoms with Crippen LogP contribution in [0.1, 0.15) is 42.6 Å². The molecule has 0 saturated carbocycles. The fourth-order valence-electron chi connectivity index (χ4n) is 2.60. The normalized spacial score (nSPS) is 24.1. The standard InChI is InChI=1S/C15H22N2O/c1-10-5-7-13(14(16)8-10)15(18)17-9-11(2)4-6-12(17)3/h5,7-8,11-12H,4,6,9,16H2,1-3H3. The van der Waals surface area contributed by atoms with Crippen LogP contribution in [0.4, 0.5) is 5.69 Å². The number of anilines is 1. The van der Waals surface area contributed by atoms with E-state index >= 15 is 0 Å². The number of amides is 1. The summed E-state index contributed by atoms with van der Waals surface area (Å²) in [5.41, 5.74) is 8.28. The van der Waals surface area contributed by atoms with Gasteiger partial charge in [-0.25, -0.2) is 0 Å². The van der Waals surface area contributed by atoms with E-state index in [1.54, 1.807) is 0 Å². The third-order valence-electron chi connectivity index (χ3n) is 3.82. The number of rotatable bonds is 1. The minimum absolute atomic E-state index is 0.0755. The smallest absolute Gasteiger partial charge is 0.256 e. The lowest BCUT2D eigenvalue weighted by atomic mass is 9.94. The van der Waals surface area contributed by atoms with Crippen LogP contribution in [0.2, 0.25) is 0 Å². The number of piperidine rings is 1. The first-order valence-electron chi connectivity index (χ1n) is 6.66. The number of likely N-dealkylation sites (tertiary alicyclic amines) is 1. The molecule has 98 valence electrons. The van der Waals surface area contributed by atoms with E-state index in [9.17, 15) is 4.79 Å². The van der Waals surface area contributed by atoms with Gasteiger partial charge in [-0.2, -0.15) is 0 Å². The van der Waals surface area contributed by atoms with Gasteiger partial charge >= 0.3 is 0 Å². The number of carbonyl (C=O) groups is 1. The van der Waals surface area contributed by atoms with Gasteiger partial charge in [-0.3, -0.25) is 4.79 Å². The summed E-state index contributed by atoms with van der Waals surface area (Å²) in [5.74, 6) is 0.656. The van der Waals surface area contributed by atoms with Gasteiger partial charge in [0.25, 0.3) is 5.91 Å². The molecule has 1 aromatic carbocycles. The van der Waals surface area contributed by atoms with Gasteiger partial charge in [0.05, 0.1) is 5.56 Å². The molecular weight excluding hydrogens is 224 g/mol. The molecule has 1 fully saturated rings. The molecule has 2 N–H and O–H groups in total. The second-order valence-electron chi connectivity index (χ2n) is 5.58. The van der Waals surface area contributed by atoms with Crippen LogP contribution in [0.5, 0.6) is 0 Å². The average Bonchev–Trinajstić information content (AvgIpc) is 2.31. The Bertz CT molecular complexity index is 456. The summed E-state index contributed by atoms with van der Waals surface area (Å²) in [6, 6.07) is 5.97. The molecular formula is C15H22N2O. The van der Waals surface area contributed by atoms with Crippen molar-refractivity contribution in [3.05, 3.63) is 29.3 Å². The molecule has 3 heteroatoms. The van der Waals surface area contributed by atoms with Crippen LogP contribution in [-0.2, 0) is 0 Å². The summed E-state index contributed by atoms with van der Waals surface area (Å²) in [6.07, 6.45) is 2.28. The van der Waals surface area contributed by atoms with Crippen LogP contribution in [-0.4, -0.2) is 23.4 Å². The molecule has 0 bridgehead atoms. The number of carbonyl (C=O) groups excluding carboxylic acids is 1. The molecule has 1 aliphatic rings. The molecule has 2 rings (SSSR count). The van der Waals surface area contributed by atoms with Crippen LogP contribution in [0.15, 0.2) is 18.2 Å². The van der Waals surface area contributed by atoms with Crippen molar-refractivity contribution in [2.45, 2.75) is 39.7 Å². The molecule has 0 aromatic heterocycles. The van der Waals surface area contributed by atoms with Crippen molar-refractivity contribution >= 4 is 11.6 Å². The Hall–Kier alpha value is -1.51. The van der Waals surface area contributed by atoms with E-state index in [1.165, 1.54) is 6.42 Å². The first-order valence-corrected chi connectivity index (χ1v) is 6.66. The second-order valence-corrected chi connectivity index (χ2v) is 5.58. The Morgan fingerprint density at radius 2 is 2.06 bits per heavy atom. The number of hydrogen-bond donors (Lipinski definition) is 1. The van der Waals surface area contributed by atoms with Crippen molar-refractivity contribution < 1.29 is 4.79 Å². The summed E-state index contributed by atoms with van der Waals surface area (Å²) in [6.45, 7) is 7.14. The number of nitrogens with zero attached hydrogens (tertiary/aromatic N) is 1. The predicted molar refractivity (Wildman–Crippen MR) is 74.5 cm³/mol. The molecule has 1 aromatic rings. The molecule has 1 aliphatic heterocycles. The van der Waals surface area contributed by atoms with Gasteiger partial charge in [-0.1, -0.05) is 13.0 Å². The Labute approximate surface area is 109 Å². The lowest BCUT2D eigenvalue weighted by Crippen LogP contribution is -2.45. The van der Waals surface area contributed by atoms with Crippen molar-refractivity contribution in [2.75, 3.05) is 12.3 Å². The monoisotopic (exact) mass is 246 g/mol. The van der Waals surface area contributed by atoms with Crippen LogP contribution < -0.4 is 5.73 Å². The van der Waals surface area contributed by atoms with Gasteiger partial charge < -0.3 is 10.6 Å². The molecule has 1 amide bonds. The highest BCUT2D eigenvalue weighted by Crippen LogP contribution is 2.25. The van der Waals surface area contributed by atoms with Crippen molar-refractivity contribution in [3.8, 4) is 0 Å². The van der Waals surface area contributed by atoms with Crippen LogP contribution in [0, 0.1) is 12.8 Å². The number of aryl methyl sites for hydroxylation is 1. The molecule has 0 radical (unpaired) electrons. The second kappa shape index (κ2) is 5.01. The van der Waals surface area contributed by atoms with E-state index in [0.717, 1.165) is 18.5 Å². The number of nitrogens with two attached hydrogens (primary N) is 1. The fraction of sp³-hybridized carbons (Fsp3) is 0.533. The maximum absolute atomic E-state index is 12.5. The SMILES string of the molecule is Cc1ccc(C(=O)N2CC(C)CCC2C)c(N)c1. The summed E-state index contributed by atoms with van der Waals surface area (Å²) in [7, 11) is 0. The summed E-state index contributed by atoms with van der Waals surface area (Å²) < 4.78 is 0. The van der Waals surface area contributed by atoms with E-state index in [4.69, 9.17) is 5.73 Å². The zero-order chi connectivity index (χ0) is 13.3. The lowest BCUT2D eigenvalue weighted by molar-refractivity contribution is 0.0575. The third-order valence-corrected chi connectivity index (χ3v) is 3.82. The zero-order valence-corrected chi connectivity index (χ0v) is 11.4. The van der Waals surface area contributed by atoms with Crippen LogP contribution >= 0.6 is 0 Å². The third kappa shape index (κ3) is 2.50. The summed E-state index contributed by atoms with van der Waals surface area (Å²) >= 11 is 0. The van der Waals surface area contributed by atoms with Crippen molar-refractivity contribution in [1.82, 2.24) is 4.90 Å². The van der Waals surface area contributed by atoms with Crippen LogP contribution in [0.25, 0.3) is 0 Å². The van der Waals surface area contributed by atoms with Gasteiger partial charge in [0.15, 0.2) is 0 Å². The molecule has 3 nitrogen and oxygen atoms in total. The zero-order valence-electron chi connectivity index (χ0n) is 11.4. The highest BCUT2D eigenvalue weighted by atomic mass is 16.2. The summed E-state index contributed by atoms with van der Waals surface area (Å²) in [5, 5.41) is 0. The summed E-state index contributed by atoms with van der Waals surface area (Å²) in [4.78, 5) is 14.5. The first-order chi connectivity index (χ1) is 8.49. The highest BCUT2D eigenvalue weighted by Gasteiger charge is 2.28. The topological polar surface area (TPSA) is 46.3 Å². The molecule has 1 heterocycles. The van der Waals surface area contributed by atoms with Gasteiger partial charge in [0, 0.05) is 18.3 Å². The van der Waals surface area contributed by atoms with Crippen LogP contribution in [0.3, 0.4) is 0 Å². The molecule has 0 aliphatic carbocycles. The Balaban J connectivity index is 2.24. The van der Waals surface area contributed by atoms with Gasteiger partial charge in [0.1, 0.15) is 0 Å². The number of benzene rings is 1. The Morgan fingerprint density at radius 3 is 2.72 bits per heavy atom. The Kier molecular flexibility index (Phi) is 3.60. The van der Waals surface area contributed by atoms with Gasteiger partial charge in [-0.15, -0.1) is 0 Å². The minimum atomic E-state index is 0.0755. The minimum Gasteiger partial charge on any atom is -0.398 e. The maximum Gasteiger partial charge on any atom is 0.256 e. The molecule has 18 heavy (non-hydrogen) atoms. The van der Waals surface area contributed by atoms with E-state index in [0.29, 0.717) is 23.2 Å². The quantitative estimate of drug-likeness (QED) is 0.774. The predicted octanol–water partition coefficient (Wildman–Crippen LogP) is 2.84. The maximum atomic E-state index is 12.5. The molecule has 1 saturated heterocycles.